The number of aliphatic hydroxyl groups excluding tert-OH is 3. The van der Waals surface area contributed by atoms with Gasteiger partial charge in [-0.1, -0.05) is 150 Å². The van der Waals surface area contributed by atoms with Crippen LogP contribution in [0.5, 0.6) is 0 Å². The van der Waals surface area contributed by atoms with Crippen LogP contribution in [-0.4, -0.2) is 191 Å². The highest BCUT2D eigenvalue weighted by molar-refractivity contribution is 6.00. The standard InChI is InChI=1S/C69H112N16O16/c1-14-39(6)50-63(97)82-51(40(7)87)62(96)75-34-49(88)76-44(27-22-30-74-67(100)101-36-41-23-17-15-18-24-41)57(91)80-48(35-86)61(95)83-52(42-25-19-16-20-26-42)53(84-60(94)47(33-69(11,12)13)79-56(90)43(70)32-68(8,9)10)64(98)85-54(55(89)38(4)5)65(99)78-46(31-37(2)3)59(93)77-45(58(92)81-50)28-21-29-73-66(71)72/h15-20,23-26,37-40,43-48,50-55,86-87,89H,14,21-22,27-36,70H2,1-13H3,(H,74,100)(H,75,96)(H,76,88)(H,77,93)(H,78,99)(H,79,90)(H,80,91)(H,81,92)(H,82,97)(H,83,95)(H,84,94)(H,85,98)(H4,71,72,73)/t39-,40-,43+,44-,45+,46-,47-,48?,50-,51-,52+,53-,54-,55+/m0/s1. The molecule has 1 unspecified atom stereocenters. The second-order valence-electron chi connectivity index (χ2n) is 28.8. The summed E-state index contributed by atoms with van der Waals surface area (Å²) in [6, 6.07) is -1.83. The number of carbonyl (C=O) groups excluding carboxylic acids is 12. The molecule has 0 bridgehead atoms. The van der Waals surface area contributed by atoms with Crippen LogP contribution in [0.15, 0.2) is 60.7 Å². The normalized spacial score (nSPS) is 23.1. The summed E-state index contributed by atoms with van der Waals surface area (Å²) in [5, 5.41) is 75.0. The van der Waals surface area contributed by atoms with Gasteiger partial charge in [0.2, 0.25) is 65.0 Å². The molecule has 2 aromatic carbocycles. The molecule has 14 atom stereocenters. The number of carbonyl (C=O) groups is 12. The number of nitrogens with one attached hydrogen (secondary N) is 14. The second-order valence-corrected chi connectivity index (χ2v) is 28.8. The molecule has 32 heteroatoms. The van der Waals surface area contributed by atoms with Gasteiger partial charge in [-0.3, -0.25) is 58.1 Å². The van der Waals surface area contributed by atoms with E-state index < -0.39 is 192 Å². The van der Waals surface area contributed by atoms with Crippen molar-refractivity contribution >= 4 is 77.0 Å². The Kier molecular flexibility index (Phi) is 35.6. The van der Waals surface area contributed by atoms with Gasteiger partial charge in [0.15, 0.2) is 5.96 Å². The maximum atomic E-state index is 15.6. The number of hydrogen-bond acceptors (Lipinski definition) is 18. The largest absolute Gasteiger partial charge is 0.445 e. The Labute approximate surface area is 591 Å². The van der Waals surface area contributed by atoms with Gasteiger partial charge < -0.3 is 101 Å². The molecule has 3 rings (SSSR count). The molecule has 1 heterocycles. The number of hydrogen-bond donors (Lipinski definition) is 19. The van der Waals surface area contributed by atoms with Crippen LogP contribution in [0.3, 0.4) is 0 Å². The molecule has 1 aliphatic rings. The quantitative estimate of drug-likeness (QED) is 0.0322. The Hall–Kier alpha value is -9.01. The van der Waals surface area contributed by atoms with Crippen LogP contribution in [0.1, 0.15) is 159 Å². The van der Waals surface area contributed by atoms with E-state index in [0.29, 0.717) is 5.56 Å². The van der Waals surface area contributed by atoms with Crippen molar-refractivity contribution < 1.29 is 77.6 Å². The van der Waals surface area contributed by atoms with E-state index in [4.69, 9.17) is 21.6 Å². The predicted molar refractivity (Wildman–Crippen MR) is 375 cm³/mol. The Morgan fingerprint density at radius 2 is 1.12 bits per heavy atom. The third kappa shape index (κ3) is 30.8. The molecule has 564 valence electrons. The van der Waals surface area contributed by atoms with E-state index in [1.807, 2.05) is 20.8 Å². The lowest BCUT2D eigenvalue weighted by molar-refractivity contribution is -0.139. The second kappa shape index (κ2) is 41.7. The van der Waals surface area contributed by atoms with E-state index in [9.17, 15) is 58.5 Å². The highest BCUT2D eigenvalue weighted by Crippen LogP contribution is 2.25. The maximum absolute atomic E-state index is 15.6. The van der Waals surface area contributed by atoms with Gasteiger partial charge >= 0.3 is 6.09 Å². The van der Waals surface area contributed by atoms with Gasteiger partial charge in [0.1, 0.15) is 61.0 Å². The molecule has 1 fully saturated rings. The number of guanidine groups is 1. The van der Waals surface area contributed by atoms with Crippen molar-refractivity contribution in [3.8, 4) is 0 Å². The smallest absolute Gasteiger partial charge is 0.407 e. The molecule has 2 aromatic rings. The zero-order chi connectivity index (χ0) is 76.1. The molecule has 21 N–H and O–H groups in total. The number of nitrogens with two attached hydrogens (primary N) is 2. The molecular formula is C69H112N16O16. The van der Waals surface area contributed by atoms with Gasteiger partial charge in [-0.05, 0) is 91.6 Å². The molecule has 32 nitrogen and oxygen atoms in total. The lowest BCUT2D eigenvalue weighted by Crippen LogP contribution is -2.65. The number of benzene rings is 2. The van der Waals surface area contributed by atoms with Crippen LogP contribution in [0.4, 0.5) is 4.79 Å². The maximum Gasteiger partial charge on any atom is 0.407 e. The topological polar surface area (TPSA) is 507 Å². The van der Waals surface area contributed by atoms with Gasteiger partial charge in [0, 0.05) is 13.1 Å². The molecule has 101 heavy (non-hydrogen) atoms. The summed E-state index contributed by atoms with van der Waals surface area (Å²) in [5.41, 5.74) is 11.6. The Morgan fingerprint density at radius 1 is 0.614 bits per heavy atom. The summed E-state index contributed by atoms with van der Waals surface area (Å²) in [6.45, 7) is 19.7. The average Bonchev–Trinajstić information content (AvgIpc) is 0.812. The number of amides is 12. The fraction of sp³-hybridized carbons (Fsp3) is 0.638. The predicted octanol–water partition coefficient (Wildman–Crippen LogP) is -1.01. The third-order valence-corrected chi connectivity index (χ3v) is 16.4. The van der Waals surface area contributed by atoms with Gasteiger partial charge in [0.25, 0.3) is 0 Å². The summed E-state index contributed by atoms with van der Waals surface area (Å²) in [7, 11) is 0. The molecule has 1 aliphatic heterocycles. The lowest BCUT2D eigenvalue weighted by Gasteiger charge is -2.35. The summed E-state index contributed by atoms with van der Waals surface area (Å²) in [5.74, 6) is -13.7. The van der Waals surface area contributed by atoms with Crippen LogP contribution in [0.2, 0.25) is 0 Å². The van der Waals surface area contributed by atoms with E-state index >= 15 is 14.4 Å². The van der Waals surface area contributed by atoms with Crippen molar-refractivity contribution in [1.29, 1.82) is 5.41 Å². The van der Waals surface area contributed by atoms with E-state index in [1.54, 1.807) is 84.9 Å². The minimum Gasteiger partial charge on any atom is -0.445 e. The van der Waals surface area contributed by atoms with Crippen LogP contribution in [-0.2, 0) is 64.1 Å². The van der Waals surface area contributed by atoms with Crippen molar-refractivity contribution in [2.24, 2.45) is 40.1 Å². The van der Waals surface area contributed by atoms with Gasteiger partial charge in [-0.25, -0.2) is 4.79 Å². The third-order valence-electron chi connectivity index (χ3n) is 16.4. The van der Waals surface area contributed by atoms with E-state index in [-0.39, 0.29) is 82.5 Å². The molecule has 0 spiro atoms. The number of rotatable bonds is 25. The highest BCUT2D eigenvalue weighted by Gasteiger charge is 2.43. The summed E-state index contributed by atoms with van der Waals surface area (Å²) in [4.78, 5) is 174. The molecule has 0 saturated carbocycles. The van der Waals surface area contributed by atoms with Crippen LogP contribution >= 0.6 is 0 Å². The van der Waals surface area contributed by atoms with Crippen molar-refractivity contribution in [1.82, 2.24) is 69.1 Å². The first-order chi connectivity index (χ1) is 47.2. The van der Waals surface area contributed by atoms with E-state index in [2.05, 4.69) is 69.1 Å². The summed E-state index contributed by atoms with van der Waals surface area (Å²) in [6.07, 6.45) is -4.41. The SMILES string of the molecule is CC[C@H](C)[C@@H]1NC(=O)[C@@H](CCCNC(=N)N)NC(=O)[C@H](CC(C)C)NC(=O)[C@H]([C@H](O)C(C)C)NC(=O)[C@@H](NC(=O)[C@H](CC(C)(C)C)NC(=O)[C@H](N)CC(C)(C)C)[C@@H](c2ccccc2)NC(=O)C(CO)NC(=O)[C@H](CCCNC(=O)OCc2ccccc2)NC(=O)CNC(=O)[C@H]([C@H](C)O)NC1=O. The lowest BCUT2D eigenvalue weighted by atomic mass is 9.86. The first kappa shape index (κ1) is 86.2. The van der Waals surface area contributed by atoms with Crippen molar-refractivity contribution in [3.05, 3.63) is 71.8 Å². The van der Waals surface area contributed by atoms with Crippen LogP contribution in [0.25, 0.3) is 0 Å². The number of ether oxygens (including phenoxy) is 1. The van der Waals surface area contributed by atoms with Crippen LogP contribution in [0, 0.1) is 34.0 Å². The van der Waals surface area contributed by atoms with E-state index in [0.717, 1.165) is 0 Å². The molecule has 1 saturated heterocycles. The minimum absolute atomic E-state index is 0.0309. The van der Waals surface area contributed by atoms with Crippen molar-refractivity contribution in [3.63, 3.8) is 0 Å². The fourth-order valence-electron chi connectivity index (χ4n) is 10.8. The Morgan fingerprint density at radius 3 is 1.66 bits per heavy atom. The minimum atomic E-state index is -2.05. The average molecular weight is 1420 g/mol. The highest BCUT2D eigenvalue weighted by atomic mass is 16.5. The first-order valence-electron chi connectivity index (χ1n) is 34.4. The van der Waals surface area contributed by atoms with Crippen LogP contribution < -0.4 is 80.6 Å². The molecule has 12 amide bonds. The number of alkyl carbamates (subject to hydrolysis) is 1. The molecule has 0 radical (unpaired) electrons. The zero-order valence-corrected chi connectivity index (χ0v) is 60.5. The van der Waals surface area contributed by atoms with E-state index in [1.165, 1.54) is 45.0 Å². The van der Waals surface area contributed by atoms with Gasteiger partial charge in [-0.2, -0.15) is 0 Å². The Bertz CT molecular complexity index is 3090. The van der Waals surface area contributed by atoms with Crippen molar-refractivity contribution in [2.75, 3.05) is 26.2 Å². The van der Waals surface area contributed by atoms with Gasteiger partial charge in [0.05, 0.1) is 37.4 Å². The summed E-state index contributed by atoms with van der Waals surface area (Å²) >= 11 is 0. The number of aliphatic hydroxyl groups is 3. The Balaban J connectivity index is 2.40. The molecular weight excluding hydrogens is 1310 g/mol. The van der Waals surface area contributed by atoms with Gasteiger partial charge in [-0.15, -0.1) is 0 Å². The zero-order valence-electron chi connectivity index (χ0n) is 60.5. The molecule has 0 aromatic heterocycles. The molecule has 0 aliphatic carbocycles. The monoisotopic (exact) mass is 1420 g/mol. The van der Waals surface area contributed by atoms with Crippen molar-refractivity contribution in [2.45, 2.75) is 227 Å². The first-order valence-corrected chi connectivity index (χ1v) is 34.4. The summed E-state index contributed by atoms with van der Waals surface area (Å²) < 4.78 is 5.30. The fourth-order valence-corrected chi connectivity index (χ4v) is 10.8.